The first-order valence-corrected chi connectivity index (χ1v) is 14.3. The fraction of sp³-hybridized carbons (Fsp3) is 0.263. The molecule has 4 nitrogen and oxygen atoms in total. The summed E-state index contributed by atoms with van der Waals surface area (Å²) in [4.78, 5) is 6.73. The van der Waals surface area contributed by atoms with Gasteiger partial charge in [0.25, 0.3) is 0 Å². The van der Waals surface area contributed by atoms with Gasteiger partial charge in [0.2, 0.25) is 0 Å². The molecule has 0 fully saturated rings. The highest BCUT2D eigenvalue weighted by atomic mass is 79.9. The maximum absolute atomic E-state index is 13.2. The summed E-state index contributed by atoms with van der Waals surface area (Å²) in [6, 6.07) is 5.68. The van der Waals surface area contributed by atoms with Crippen LogP contribution in [0.15, 0.2) is 45.8 Å². The second-order valence-corrected chi connectivity index (χ2v) is 14.1. The van der Waals surface area contributed by atoms with E-state index in [4.69, 9.17) is 0 Å². The number of hydrogen-bond donors (Lipinski definition) is 1. The number of anilines is 1. The molecule has 2 aromatic carbocycles. The van der Waals surface area contributed by atoms with Crippen molar-refractivity contribution < 1.29 is 24.0 Å². The second-order valence-electron chi connectivity index (χ2n) is 7.70. The van der Waals surface area contributed by atoms with Crippen molar-refractivity contribution in [2.75, 3.05) is 18.6 Å². The molecule has 0 aliphatic heterocycles. The van der Waals surface area contributed by atoms with Crippen LogP contribution >= 0.6 is 33.3 Å². The first-order chi connectivity index (χ1) is 13.8. The number of aromatic nitrogens is 2. The summed E-state index contributed by atoms with van der Waals surface area (Å²) in [6.45, 7) is 6.40. The van der Waals surface area contributed by atoms with Gasteiger partial charge in [-0.15, -0.1) is 0 Å². The number of hydrogen-bond acceptors (Lipinski definition) is 4. The molecule has 0 spiro atoms. The van der Waals surface area contributed by atoms with Gasteiger partial charge in [0, 0.05) is 15.2 Å². The van der Waals surface area contributed by atoms with Gasteiger partial charge >= 0.3 is 10.2 Å². The van der Waals surface area contributed by atoms with E-state index in [1.807, 2.05) is 0 Å². The van der Waals surface area contributed by atoms with Crippen LogP contribution in [0.2, 0.25) is 0 Å². The Labute approximate surface area is 184 Å². The van der Waals surface area contributed by atoms with Gasteiger partial charge in [-0.3, -0.25) is 0 Å². The van der Waals surface area contributed by atoms with Crippen LogP contribution in [-0.4, -0.2) is 23.3 Å². The molecule has 3 rings (SSSR count). The lowest BCUT2D eigenvalue weighted by molar-refractivity contribution is 0.364. The van der Waals surface area contributed by atoms with Gasteiger partial charge in [0.15, 0.2) is 0 Å². The lowest BCUT2D eigenvalue weighted by Gasteiger charge is -2.40. The minimum Gasteiger partial charge on any atom is -0.363 e. The molecule has 0 aliphatic rings. The first kappa shape index (κ1) is 23.9. The molecule has 3 aromatic rings. The summed E-state index contributed by atoms with van der Waals surface area (Å²) in [5.41, 5.74) is 0.552. The number of halogens is 6. The lowest BCUT2D eigenvalue weighted by Crippen LogP contribution is -2.13. The number of fused-ring (bicyclic) bond motifs is 1. The zero-order valence-electron chi connectivity index (χ0n) is 17.0. The molecule has 1 atom stereocenters. The number of rotatable bonds is 5. The van der Waals surface area contributed by atoms with Gasteiger partial charge in [0.05, 0.1) is 11.6 Å². The largest absolute Gasteiger partial charge is 0.363 e. The van der Waals surface area contributed by atoms with Crippen molar-refractivity contribution in [2.45, 2.75) is 24.8 Å². The third-order valence-corrected chi connectivity index (χ3v) is 8.25. The van der Waals surface area contributed by atoms with Crippen molar-refractivity contribution >= 4 is 55.3 Å². The smallest absolute Gasteiger partial charge is 0.310 e. The van der Waals surface area contributed by atoms with E-state index in [1.165, 1.54) is 13.0 Å². The number of nitrogens with zero attached hydrogens (tertiary/aromatic N) is 2. The van der Waals surface area contributed by atoms with E-state index in [0.29, 0.717) is 44.5 Å². The molecule has 0 saturated heterocycles. The molecule has 1 aromatic heterocycles. The minimum atomic E-state index is -9.80. The van der Waals surface area contributed by atoms with E-state index in [9.17, 15) is 24.0 Å². The Bertz CT molecular complexity index is 1250. The standard InChI is InChI=1S/C19H20BrF5N3OPS/c1-11(13-6-5-7-14(8-13)31(21,22,23,24)25)26-19-15-9-18(30(3,4)29)16(20)10-17(15)27-12(2)28-19/h5-11H,1-4H3,(H,26,27,28). The average Bonchev–Trinajstić information content (AvgIpc) is 2.58. The molecular weight excluding hydrogens is 524 g/mol. The van der Waals surface area contributed by atoms with Gasteiger partial charge in [-0.25, -0.2) is 9.97 Å². The van der Waals surface area contributed by atoms with Gasteiger partial charge in [-0.2, -0.15) is 0 Å². The van der Waals surface area contributed by atoms with Crippen molar-refractivity contribution in [2.24, 2.45) is 0 Å². The number of aryl methyl sites for hydroxylation is 1. The normalized spacial score (nSPS) is 15.9. The Morgan fingerprint density at radius 2 is 1.71 bits per heavy atom. The van der Waals surface area contributed by atoms with Gasteiger partial charge < -0.3 is 9.88 Å². The van der Waals surface area contributed by atoms with Crippen molar-refractivity contribution in [1.82, 2.24) is 9.97 Å². The minimum absolute atomic E-state index is 0.0177. The fourth-order valence-electron chi connectivity index (χ4n) is 3.09. The quantitative estimate of drug-likeness (QED) is 0.263. The molecule has 0 aliphatic carbocycles. The summed E-state index contributed by atoms with van der Waals surface area (Å²) < 4.78 is 79.3. The fourth-order valence-corrected chi connectivity index (χ4v) is 6.42. The van der Waals surface area contributed by atoms with Crippen LogP contribution in [0.5, 0.6) is 0 Å². The highest BCUT2D eigenvalue weighted by molar-refractivity contribution is 9.10. The summed E-state index contributed by atoms with van der Waals surface area (Å²) in [5, 5.41) is 4.07. The topological polar surface area (TPSA) is 54.9 Å². The lowest BCUT2D eigenvalue weighted by atomic mass is 10.1. The van der Waals surface area contributed by atoms with Crippen LogP contribution in [0.1, 0.15) is 24.4 Å². The maximum atomic E-state index is 13.2. The monoisotopic (exact) mass is 543 g/mol. The van der Waals surface area contributed by atoms with Crippen LogP contribution in [0.3, 0.4) is 0 Å². The van der Waals surface area contributed by atoms with Crippen LogP contribution in [0.25, 0.3) is 10.9 Å². The van der Waals surface area contributed by atoms with E-state index in [-0.39, 0.29) is 5.56 Å². The Kier molecular flexibility index (Phi) is 5.32. The Morgan fingerprint density at radius 3 is 2.29 bits per heavy atom. The average molecular weight is 544 g/mol. The molecule has 0 bridgehead atoms. The third kappa shape index (κ3) is 5.38. The molecule has 1 heterocycles. The number of nitrogens with one attached hydrogen (secondary N) is 1. The first-order valence-electron chi connectivity index (χ1n) is 8.99. The van der Waals surface area contributed by atoms with Crippen molar-refractivity contribution in [3.05, 3.63) is 52.3 Å². The van der Waals surface area contributed by atoms with Gasteiger partial charge in [-0.05, 0) is 72.9 Å². The summed E-state index contributed by atoms with van der Waals surface area (Å²) in [6.07, 6.45) is 0. The van der Waals surface area contributed by atoms with E-state index in [1.54, 1.807) is 32.4 Å². The molecule has 170 valence electrons. The Hall–Kier alpha value is -1.71. The Morgan fingerprint density at radius 1 is 1.06 bits per heavy atom. The molecule has 0 radical (unpaired) electrons. The van der Waals surface area contributed by atoms with Crippen LogP contribution in [0, 0.1) is 6.92 Å². The molecule has 0 amide bonds. The SMILES string of the molecule is Cc1nc(NC(C)c2cccc(S(F)(F)(F)(F)F)c2)c2cc(P(C)(C)=O)c(Br)cc2n1. The highest BCUT2D eigenvalue weighted by Gasteiger charge is 2.65. The summed E-state index contributed by atoms with van der Waals surface area (Å²) in [5.74, 6) is 0.703. The van der Waals surface area contributed by atoms with Crippen LogP contribution in [-0.2, 0) is 4.57 Å². The number of benzene rings is 2. The third-order valence-electron chi connectivity index (χ3n) is 4.61. The van der Waals surface area contributed by atoms with E-state index in [0.717, 1.165) is 6.07 Å². The predicted molar refractivity (Wildman–Crippen MR) is 121 cm³/mol. The molecule has 31 heavy (non-hydrogen) atoms. The highest BCUT2D eigenvalue weighted by Crippen LogP contribution is 3.02. The van der Waals surface area contributed by atoms with Gasteiger partial charge in [0.1, 0.15) is 23.7 Å². The van der Waals surface area contributed by atoms with Gasteiger partial charge in [-0.1, -0.05) is 31.6 Å². The second kappa shape index (κ2) is 6.89. The van der Waals surface area contributed by atoms with E-state index >= 15 is 0 Å². The molecule has 1 unspecified atom stereocenters. The maximum Gasteiger partial charge on any atom is 0.310 e. The summed E-state index contributed by atoms with van der Waals surface area (Å²) in [7, 11) is -12.5. The van der Waals surface area contributed by atoms with Crippen molar-refractivity contribution in [3.63, 3.8) is 0 Å². The van der Waals surface area contributed by atoms with Crippen molar-refractivity contribution in [3.8, 4) is 0 Å². The molecule has 1 N–H and O–H groups in total. The zero-order chi connectivity index (χ0) is 23.5. The molecule has 12 heteroatoms. The van der Waals surface area contributed by atoms with Crippen LogP contribution in [0.4, 0.5) is 25.2 Å². The Balaban J connectivity index is 2.09. The van der Waals surface area contributed by atoms with Crippen LogP contribution < -0.4 is 10.6 Å². The van der Waals surface area contributed by atoms with E-state index < -0.39 is 28.3 Å². The summed E-state index contributed by atoms with van der Waals surface area (Å²) >= 11 is 3.40. The van der Waals surface area contributed by atoms with E-state index in [2.05, 4.69) is 31.2 Å². The zero-order valence-corrected chi connectivity index (χ0v) is 20.3. The van der Waals surface area contributed by atoms with Crippen molar-refractivity contribution in [1.29, 1.82) is 0 Å². The molecule has 0 saturated carbocycles. The molecular formula is C19H20BrF5N3OPS. The predicted octanol–water partition coefficient (Wildman–Crippen LogP) is 7.78.